The summed E-state index contributed by atoms with van der Waals surface area (Å²) in [5.74, 6) is 3.17. The molecule has 1 heterocycles. The molecule has 0 bridgehead atoms. The topological polar surface area (TPSA) is 71.3 Å². The van der Waals surface area contributed by atoms with Crippen molar-refractivity contribution in [1.29, 1.82) is 0 Å². The van der Waals surface area contributed by atoms with E-state index in [2.05, 4.69) is 16.0 Å². The Labute approximate surface area is 120 Å². The van der Waals surface area contributed by atoms with Gasteiger partial charge in [0.2, 0.25) is 5.09 Å². The highest BCUT2D eigenvalue weighted by Gasteiger charge is 2.22. The van der Waals surface area contributed by atoms with Crippen molar-refractivity contribution in [3.05, 3.63) is 17.9 Å². The maximum Gasteiger partial charge on any atom is 0.273 e. The van der Waals surface area contributed by atoms with Gasteiger partial charge < -0.3 is 9.73 Å². The van der Waals surface area contributed by atoms with Crippen LogP contribution in [0.2, 0.25) is 0 Å². The normalized spacial score (nSPS) is 15.2. The average Bonchev–Trinajstić information content (AvgIpc) is 3.12. The number of terminal acetylenes is 1. The quantitative estimate of drug-likeness (QED) is 0.536. The third-order valence-corrected chi connectivity index (χ3v) is 4.42. The SMILES string of the molecule is C#CCCCCNS(=O)(=O)c1ccc(CNC2CC2)o1. The molecule has 0 aliphatic heterocycles. The van der Waals surface area contributed by atoms with Gasteiger partial charge in [-0.05, 0) is 37.8 Å². The zero-order valence-electron chi connectivity index (χ0n) is 11.4. The molecule has 0 saturated heterocycles. The second kappa shape index (κ2) is 6.93. The highest BCUT2D eigenvalue weighted by Crippen LogP contribution is 2.20. The minimum absolute atomic E-state index is 0.0259. The fourth-order valence-electron chi connectivity index (χ4n) is 1.76. The van der Waals surface area contributed by atoms with E-state index in [9.17, 15) is 8.42 Å². The first kappa shape index (κ1) is 15.1. The number of rotatable bonds is 9. The van der Waals surface area contributed by atoms with Crippen molar-refractivity contribution >= 4 is 10.0 Å². The molecule has 1 aromatic heterocycles. The van der Waals surface area contributed by atoms with Crippen LogP contribution in [-0.4, -0.2) is 21.0 Å². The first-order valence-corrected chi connectivity index (χ1v) is 8.35. The zero-order valence-corrected chi connectivity index (χ0v) is 12.2. The minimum Gasteiger partial charge on any atom is -0.447 e. The molecule has 0 unspecified atom stereocenters. The van der Waals surface area contributed by atoms with Crippen molar-refractivity contribution in [3.63, 3.8) is 0 Å². The summed E-state index contributed by atoms with van der Waals surface area (Å²) in [6.07, 6.45) is 9.71. The van der Waals surface area contributed by atoms with E-state index in [1.807, 2.05) is 0 Å². The molecule has 0 amide bonds. The van der Waals surface area contributed by atoms with Crippen LogP contribution in [0.25, 0.3) is 0 Å². The molecule has 110 valence electrons. The molecule has 1 saturated carbocycles. The molecular weight excluding hydrogens is 276 g/mol. The highest BCUT2D eigenvalue weighted by molar-refractivity contribution is 7.89. The van der Waals surface area contributed by atoms with Crippen LogP contribution in [0.1, 0.15) is 37.9 Å². The molecule has 0 atom stereocenters. The first-order chi connectivity index (χ1) is 9.62. The summed E-state index contributed by atoms with van der Waals surface area (Å²) >= 11 is 0. The lowest BCUT2D eigenvalue weighted by molar-refractivity contribution is 0.399. The number of hydrogen-bond donors (Lipinski definition) is 2. The van der Waals surface area contributed by atoms with E-state index in [4.69, 9.17) is 10.8 Å². The number of furan rings is 1. The summed E-state index contributed by atoms with van der Waals surface area (Å²) in [5.41, 5.74) is 0. The van der Waals surface area contributed by atoms with Crippen LogP contribution in [0.5, 0.6) is 0 Å². The van der Waals surface area contributed by atoms with E-state index < -0.39 is 10.0 Å². The Morgan fingerprint density at radius 2 is 2.15 bits per heavy atom. The van der Waals surface area contributed by atoms with E-state index in [-0.39, 0.29) is 5.09 Å². The maximum atomic E-state index is 12.0. The van der Waals surface area contributed by atoms with Gasteiger partial charge in [-0.2, -0.15) is 0 Å². The van der Waals surface area contributed by atoms with Gasteiger partial charge in [0.15, 0.2) is 0 Å². The Hall–Kier alpha value is -1.29. The predicted octanol–water partition coefficient (Wildman–Crippen LogP) is 1.61. The molecule has 1 aliphatic carbocycles. The lowest BCUT2D eigenvalue weighted by Crippen LogP contribution is -2.24. The molecule has 20 heavy (non-hydrogen) atoms. The van der Waals surface area contributed by atoms with Crippen molar-refractivity contribution in [2.24, 2.45) is 0 Å². The van der Waals surface area contributed by atoms with Crippen LogP contribution in [0.3, 0.4) is 0 Å². The summed E-state index contributed by atoms with van der Waals surface area (Å²) in [6.45, 7) is 0.947. The summed E-state index contributed by atoms with van der Waals surface area (Å²) in [6, 6.07) is 3.75. The van der Waals surface area contributed by atoms with Crippen LogP contribution in [0.4, 0.5) is 0 Å². The van der Waals surface area contributed by atoms with Crippen molar-refractivity contribution in [1.82, 2.24) is 10.0 Å². The number of sulfonamides is 1. The number of unbranched alkanes of at least 4 members (excludes halogenated alkanes) is 2. The van der Waals surface area contributed by atoms with E-state index in [1.54, 1.807) is 6.07 Å². The van der Waals surface area contributed by atoms with Gasteiger partial charge in [-0.25, -0.2) is 13.1 Å². The fraction of sp³-hybridized carbons (Fsp3) is 0.571. The van der Waals surface area contributed by atoms with E-state index in [0.717, 1.165) is 12.8 Å². The molecule has 1 fully saturated rings. The van der Waals surface area contributed by atoms with Crippen LogP contribution in [0.15, 0.2) is 21.6 Å². The Bertz CT molecular complexity index is 567. The maximum absolute atomic E-state index is 12.0. The molecule has 1 aromatic rings. The lowest BCUT2D eigenvalue weighted by Gasteiger charge is -2.03. The summed E-state index contributed by atoms with van der Waals surface area (Å²) in [7, 11) is -3.55. The predicted molar refractivity (Wildman–Crippen MR) is 76.4 cm³/mol. The third kappa shape index (κ3) is 4.67. The Morgan fingerprint density at radius 1 is 1.35 bits per heavy atom. The number of hydrogen-bond acceptors (Lipinski definition) is 4. The molecule has 2 N–H and O–H groups in total. The molecule has 0 spiro atoms. The van der Waals surface area contributed by atoms with E-state index in [0.29, 0.717) is 31.3 Å². The van der Waals surface area contributed by atoms with Crippen LogP contribution < -0.4 is 10.0 Å². The average molecular weight is 296 g/mol. The third-order valence-electron chi connectivity index (χ3n) is 3.08. The van der Waals surface area contributed by atoms with Crippen LogP contribution in [0, 0.1) is 12.3 Å². The van der Waals surface area contributed by atoms with Gasteiger partial charge in [0.1, 0.15) is 5.76 Å². The molecule has 2 rings (SSSR count). The van der Waals surface area contributed by atoms with E-state index >= 15 is 0 Å². The van der Waals surface area contributed by atoms with Crippen molar-refractivity contribution < 1.29 is 12.8 Å². The zero-order chi connectivity index (χ0) is 14.4. The second-order valence-corrected chi connectivity index (χ2v) is 6.63. The smallest absolute Gasteiger partial charge is 0.273 e. The number of nitrogens with one attached hydrogen (secondary N) is 2. The first-order valence-electron chi connectivity index (χ1n) is 6.87. The summed E-state index contributed by atoms with van der Waals surface area (Å²) in [5, 5.41) is 3.25. The lowest BCUT2D eigenvalue weighted by atomic mass is 10.2. The van der Waals surface area contributed by atoms with Gasteiger partial charge in [-0.15, -0.1) is 12.3 Å². The molecule has 1 aliphatic rings. The van der Waals surface area contributed by atoms with Crippen molar-refractivity contribution in [3.8, 4) is 12.3 Å². The Kier molecular flexibility index (Phi) is 5.24. The van der Waals surface area contributed by atoms with Crippen molar-refractivity contribution in [2.75, 3.05) is 6.54 Å². The van der Waals surface area contributed by atoms with Crippen LogP contribution in [-0.2, 0) is 16.6 Å². The second-order valence-electron chi connectivity index (χ2n) is 4.93. The summed E-state index contributed by atoms with van der Waals surface area (Å²) in [4.78, 5) is 0. The van der Waals surface area contributed by atoms with E-state index in [1.165, 1.54) is 18.9 Å². The molecule has 6 heteroatoms. The van der Waals surface area contributed by atoms with Gasteiger partial charge in [-0.1, -0.05) is 0 Å². The largest absolute Gasteiger partial charge is 0.447 e. The van der Waals surface area contributed by atoms with Crippen molar-refractivity contribution in [2.45, 2.75) is 49.8 Å². The molecule has 5 nitrogen and oxygen atoms in total. The monoisotopic (exact) mass is 296 g/mol. The molecule has 0 radical (unpaired) electrons. The van der Waals surface area contributed by atoms with Gasteiger partial charge in [-0.3, -0.25) is 0 Å². The molecular formula is C14H20N2O3S. The molecule has 0 aromatic carbocycles. The van der Waals surface area contributed by atoms with Gasteiger partial charge in [0, 0.05) is 19.0 Å². The van der Waals surface area contributed by atoms with Gasteiger partial charge in [0.25, 0.3) is 10.0 Å². The summed E-state index contributed by atoms with van der Waals surface area (Å²) < 4.78 is 31.8. The highest BCUT2D eigenvalue weighted by atomic mass is 32.2. The van der Waals surface area contributed by atoms with Gasteiger partial charge >= 0.3 is 0 Å². The van der Waals surface area contributed by atoms with Crippen LogP contribution >= 0.6 is 0 Å². The Balaban J connectivity index is 1.80. The minimum atomic E-state index is -3.55. The Morgan fingerprint density at radius 3 is 2.85 bits per heavy atom. The van der Waals surface area contributed by atoms with Gasteiger partial charge in [0.05, 0.1) is 6.54 Å². The fourth-order valence-corrected chi connectivity index (χ4v) is 2.78. The standard InChI is InChI=1S/C14H20N2O3S/c1-2-3-4-5-10-16-20(17,18)14-9-8-13(19-14)11-15-12-6-7-12/h1,8-9,12,15-16H,3-7,10-11H2.